The van der Waals surface area contributed by atoms with Gasteiger partial charge in [0.1, 0.15) is 6.10 Å². The second kappa shape index (κ2) is 3.93. The molecule has 0 amide bonds. The molecular weight excluding hydrogens is 152 g/mol. The van der Waals surface area contributed by atoms with E-state index >= 15 is 0 Å². The average molecular weight is 164 g/mol. The van der Waals surface area contributed by atoms with E-state index in [1.165, 1.54) is 13.0 Å². The Hall–Kier alpha value is -1.28. The van der Waals surface area contributed by atoms with Crippen molar-refractivity contribution in [1.29, 1.82) is 0 Å². The van der Waals surface area contributed by atoms with E-state index in [2.05, 4.69) is 0 Å². The van der Waals surface area contributed by atoms with E-state index in [-0.39, 0.29) is 5.76 Å². The topological polar surface area (TPSA) is 40.5 Å². The highest BCUT2D eigenvalue weighted by Gasteiger charge is 2.01. The van der Waals surface area contributed by atoms with Gasteiger partial charge in [0.25, 0.3) is 0 Å². The molecule has 0 radical (unpaired) electrons. The van der Waals surface area contributed by atoms with Crippen LogP contribution in [-0.4, -0.2) is 10.2 Å². The van der Waals surface area contributed by atoms with Crippen molar-refractivity contribution in [1.82, 2.24) is 0 Å². The van der Waals surface area contributed by atoms with Crippen LogP contribution in [0.3, 0.4) is 0 Å². The zero-order chi connectivity index (χ0) is 8.97. The van der Waals surface area contributed by atoms with Crippen LogP contribution in [0.2, 0.25) is 0 Å². The molecule has 0 aromatic heterocycles. The van der Waals surface area contributed by atoms with Gasteiger partial charge in [0.2, 0.25) is 0 Å². The first-order chi connectivity index (χ1) is 5.70. The van der Waals surface area contributed by atoms with Crippen LogP contribution in [0.25, 0.3) is 0 Å². The quantitative estimate of drug-likeness (QED) is 0.658. The zero-order valence-corrected chi connectivity index (χ0v) is 6.94. The lowest BCUT2D eigenvalue weighted by Crippen LogP contribution is -1.93. The van der Waals surface area contributed by atoms with Crippen LogP contribution in [0.15, 0.2) is 42.2 Å². The molecule has 0 unspecified atom stereocenters. The van der Waals surface area contributed by atoms with E-state index < -0.39 is 6.10 Å². The van der Waals surface area contributed by atoms with Gasteiger partial charge < -0.3 is 10.2 Å². The molecule has 0 saturated carbocycles. The van der Waals surface area contributed by atoms with Crippen molar-refractivity contribution in [2.24, 2.45) is 0 Å². The van der Waals surface area contributed by atoms with E-state index in [0.29, 0.717) is 0 Å². The molecule has 2 heteroatoms. The Kier molecular flexibility index (Phi) is 2.88. The predicted octanol–water partition coefficient (Wildman–Crippen LogP) is 2.18. The highest BCUT2D eigenvalue weighted by atomic mass is 16.3. The Morgan fingerprint density at radius 2 is 1.92 bits per heavy atom. The Balaban J connectivity index is 2.79. The van der Waals surface area contributed by atoms with Gasteiger partial charge in [-0.2, -0.15) is 0 Å². The summed E-state index contributed by atoms with van der Waals surface area (Å²) in [7, 11) is 0. The van der Waals surface area contributed by atoms with Gasteiger partial charge in [0.15, 0.2) is 0 Å². The Bertz CT molecular complexity index is 260. The smallest absolute Gasteiger partial charge is 0.101 e. The molecule has 0 aliphatic carbocycles. The van der Waals surface area contributed by atoms with Crippen LogP contribution in [-0.2, 0) is 0 Å². The third-order valence-electron chi connectivity index (χ3n) is 1.54. The minimum atomic E-state index is -0.712. The van der Waals surface area contributed by atoms with Gasteiger partial charge in [-0.25, -0.2) is 0 Å². The number of benzene rings is 1. The first-order valence-corrected chi connectivity index (χ1v) is 3.80. The standard InChI is InChI=1S/C10H12O2/c1-8(11)7-10(12)9-5-3-2-4-6-9/h2-7,10-12H,1H3/b8-7+/t10-/m0/s1. The van der Waals surface area contributed by atoms with Crippen molar-refractivity contribution in [3.63, 3.8) is 0 Å². The van der Waals surface area contributed by atoms with Crippen molar-refractivity contribution in [3.8, 4) is 0 Å². The second-order valence-corrected chi connectivity index (χ2v) is 2.66. The maximum atomic E-state index is 9.45. The molecule has 0 saturated heterocycles. The Morgan fingerprint density at radius 1 is 1.33 bits per heavy atom. The summed E-state index contributed by atoms with van der Waals surface area (Å²) in [6, 6.07) is 9.19. The van der Waals surface area contributed by atoms with Crippen molar-refractivity contribution in [2.75, 3.05) is 0 Å². The molecule has 0 spiro atoms. The molecule has 0 heterocycles. The predicted molar refractivity (Wildman–Crippen MR) is 47.8 cm³/mol. The van der Waals surface area contributed by atoms with Crippen molar-refractivity contribution in [3.05, 3.63) is 47.7 Å². The summed E-state index contributed by atoms with van der Waals surface area (Å²) in [6.07, 6.45) is 0.686. The summed E-state index contributed by atoms with van der Waals surface area (Å²) in [4.78, 5) is 0. The third kappa shape index (κ3) is 2.40. The Morgan fingerprint density at radius 3 is 2.42 bits per heavy atom. The molecule has 0 bridgehead atoms. The van der Waals surface area contributed by atoms with Gasteiger partial charge in [-0.3, -0.25) is 0 Å². The summed E-state index contributed by atoms with van der Waals surface area (Å²) in [5.41, 5.74) is 0.783. The van der Waals surface area contributed by atoms with Gasteiger partial charge in [-0.15, -0.1) is 0 Å². The fraction of sp³-hybridized carbons (Fsp3) is 0.200. The number of hydrogen-bond acceptors (Lipinski definition) is 2. The highest BCUT2D eigenvalue weighted by molar-refractivity contribution is 5.21. The normalized spacial score (nSPS) is 14.3. The molecule has 1 aromatic carbocycles. The number of aliphatic hydroxyl groups excluding tert-OH is 2. The zero-order valence-electron chi connectivity index (χ0n) is 6.94. The lowest BCUT2D eigenvalue weighted by atomic mass is 10.1. The van der Waals surface area contributed by atoms with Crippen LogP contribution in [0.1, 0.15) is 18.6 Å². The van der Waals surface area contributed by atoms with Crippen LogP contribution >= 0.6 is 0 Å². The van der Waals surface area contributed by atoms with Crippen molar-refractivity contribution < 1.29 is 10.2 Å². The number of hydrogen-bond donors (Lipinski definition) is 2. The molecule has 12 heavy (non-hydrogen) atoms. The number of rotatable bonds is 2. The summed E-state index contributed by atoms with van der Waals surface area (Å²) in [5, 5.41) is 18.3. The lowest BCUT2D eigenvalue weighted by molar-refractivity contribution is 0.222. The summed E-state index contributed by atoms with van der Waals surface area (Å²) in [6.45, 7) is 1.53. The molecule has 1 aromatic rings. The van der Waals surface area contributed by atoms with Crippen LogP contribution in [0.5, 0.6) is 0 Å². The van der Waals surface area contributed by atoms with E-state index in [1.807, 2.05) is 30.3 Å². The minimum absolute atomic E-state index is 0.131. The first kappa shape index (κ1) is 8.81. The van der Waals surface area contributed by atoms with Gasteiger partial charge >= 0.3 is 0 Å². The molecule has 1 atom stereocenters. The molecule has 2 nitrogen and oxygen atoms in total. The van der Waals surface area contributed by atoms with Crippen LogP contribution in [0.4, 0.5) is 0 Å². The maximum Gasteiger partial charge on any atom is 0.101 e. The average Bonchev–Trinajstić information content (AvgIpc) is 2.05. The lowest BCUT2D eigenvalue weighted by Gasteiger charge is -2.04. The largest absolute Gasteiger partial charge is 0.513 e. The molecule has 0 fully saturated rings. The monoisotopic (exact) mass is 164 g/mol. The minimum Gasteiger partial charge on any atom is -0.513 e. The van der Waals surface area contributed by atoms with Gasteiger partial charge in [0, 0.05) is 0 Å². The summed E-state index contributed by atoms with van der Waals surface area (Å²) >= 11 is 0. The van der Waals surface area contributed by atoms with Crippen molar-refractivity contribution >= 4 is 0 Å². The van der Waals surface area contributed by atoms with E-state index in [9.17, 15) is 5.11 Å². The number of aliphatic hydroxyl groups is 2. The molecule has 0 aliphatic rings. The van der Waals surface area contributed by atoms with E-state index in [4.69, 9.17) is 5.11 Å². The first-order valence-electron chi connectivity index (χ1n) is 3.80. The maximum absolute atomic E-state index is 9.45. The Labute approximate surface area is 71.8 Å². The number of allylic oxidation sites excluding steroid dienone is 1. The molecule has 0 aliphatic heterocycles. The third-order valence-corrected chi connectivity index (χ3v) is 1.54. The molecular formula is C10H12O2. The summed E-state index contributed by atoms with van der Waals surface area (Å²) in [5.74, 6) is 0.131. The van der Waals surface area contributed by atoms with E-state index in [0.717, 1.165) is 5.56 Å². The SMILES string of the molecule is C/C(O)=C\[C@H](O)c1ccccc1. The van der Waals surface area contributed by atoms with Crippen LogP contribution in [0, 0.1) is 0 Å². The fourth-order valence-corrected chi connectivity index (χ4v) is 0.975. The fourth-order valence-electron chi connectivity index (χ4n) is 0.975. The molecule has 2 N–H and O–H groups in total. The van der Waals surface area contributed by atoms with Gasteiger partial charge in [-0.05, 0) is 18.6 Å². The molecule has 1 rings (SSSR count). The van der Waals surface area contributed by atoms with Crippen molar-refractivity contribution in [2.45, 2.75) is 13.0 Å². The highest BCUT2D eigenvalue weighted by Crippen LogP contribution is 2.13. The molecule has 64 valence electrons. The second-order valence-electron chi connectivity index (χ2n) is 2.66. The van der Waals surface area contributed by atoms with Crippen LogP contribution < -0.4 is 0 Å². The van der Waals surface area contributed by atoms with Gasteiger partial charge in [0.05, 0.1) is 5.76 Å². The summed E-state index contributed by atoms with van der Waals surface area (Å²) < 4.78 is 0. The van der Waals surface area contributed by atoms with Gasteiger partial charge in [-0.1, -0.05) is 30.3 Å². The van der Waals surface area contributed by atoms with E-state index in [1.54, 1.807) is 0 Å².